The largest absolute Gasteiger partial charge is 0.464 e. The van der Waals surface area contributed by atoms with E-state index in [-0.39, 0.29) is 24.5 Å². The number of likely N-dealkylation sites (tertiary alicyclic amines) is 1. The summed E-state index contributed by atoms with van der Waals surface area (Å²) in [4.78, 5) is 53.4. The Hall–Kier alpha value is -2.84. The van der Waals surface area contributed by atoms with Gasteiger partial charge in [0.15, 0.2) is 6.61 Å². The van der Waals surface area contributed by atoms with Crippen molar-refractivity contribution in [2.24, 2.45) is 0 Å². The first-order chi connectivity index (χ1) is 13.8. The van der Waals surface area contributed by atoms with E-state index in [1.165, 1.54) is 4.90 Å². The number of hydrogen-bond acceptors (Lipinski definition) is 7. The van der Waals surface area contributed by atoms with E-state index >= 15 is 0 Å². The van der Waals surface area contributed by atoms with Gasteiger partial charge in [0.2, 0.25) is 0 Å². The van der Waals surface area contributed by atoms with Crippen molar-refractivity contribution >= 4 is 23.8 Å². The summed E-state index contributed by atoms with van der Waals surface area (Å²) in [5.41, 5.74) is 1.26. The van der Waals surface area contributed by atoms with Crippen LogP contribution < -0.4 is 0 Å². The van der Waals surface area contributed by atoms with Gasteiger partial charge < -0.3 is 24.1 Å². The molecule has 0 aliphatic carbocycles. The highest BCUT2D eigenvalue weighted by Gasteiger charge is 2.34. The fraction of sp³-hybridized carbons (Fsp3) is 0.600. The predicted molar refractivity (Wildman–Crippen MR) is 102 cm³/mol. The minimum Gasteiger partial charge on any atom is -0.464 e. The number of hydrogen-bond donors (Lipinski definition) is 1. The number of aromatic nitrogens is 1. The number of aromatic amines is 1. The van der Waals surface area contributed by atoms with Crippen molar-refractivity contribution in [3.8, 4) is 0 Å². The molecule has 0 radical (unpaired) electrons. The smallest absolute Gasteiger partial charge is 0.355 e. The summed E-state index contributed by atoms with van der Waals surface area (Å²) < 4.78 is 15.2. The third-order valence-electron chi connectivity index (χ3n) is 4.83. The highest BCUT2D eigenvalue weighted by atomic mass is 16.5. The zero-order valence-corrected chi connectivity index (χ0v) is 17.3. The van der Waals surface area contributed by atoms with Crippen LogP contribution in [0.2, 0.25) is 0 Å². The van der Waals surface area contributed by atoms with E-state index in [9.17, 15) is 19.2 Å². The molecule has 160 valence electrons. The lowest BCUT2D eigenvalue weighted by molar-refractivity contribution is -0.157. The van der Waals surface area contributed by atoms with Crippen molar-refractivity contribution in [3.05, 3.63) is 22.5 Å². The van der Waals surface area contributed by atoms with Crippen LogP contribution in [-0.2, 0) is 23.8 Å². The minimum absolute atomic E-state index is 0.0962. The Balaban J connectivity index is 2.04. The van der Waals surface area contributed by atoms with E-state index in [1.807, 2.05) is 0 Å². The van der Waals surface area contributed by atoms with Crippen molar-refractivity contribution in [2.45, 2.75) is 53.0 Å². The van der Waals surface area contributed by atoms with E-state index in [2.05, 4.69) is 4.98 Å². The molecule has 1 aromatic rings. The predicted octanol–water partition coefficient (Wildman–Crippen LogP) is 1.91. The number of amides is 1. The number of nitrogens with one attached hydrogen (secondary N) is 1. The molecule has 1 aliphatic heterocycles. The Morgan fingerprint density at radius 1 is 1.00 bits per heavy atom. The number of piperidine rings is 1. The van der Waals surface area contributed by atoms with Crippen LogP contribution in [0.5, 0.6) is 0 Å². The molecule has 9 heteroatoms. The first-order valence-electron chi connectivity index (χ1n) is 9.81. The second-order valence-corrected chi connectivity index (χ2v) is 6.77. The Morgan fingerprint density at radius 3 is 2.34 bits per heavy atom. The topological polar surface area (TPSA) is 115 Å². The van der Waals surface area contributed by atoms with Gasteiger partial charge in [-0.15, -0.1) is 0 Å². The summed E-state index contributed by atoms with van der Waals surface area (Å²) in [6, 6.07) is -0.653. The van der Waals surface area contributed by atoms with Crippen LogP contribution in [0.25, 0.3) is 0 Å². The van der Waals surface area contributed by atoms with Crippen LogP contribution in [0.4, 0.5) is 0 Å². The Labute approximate surface area is 169 Å². The molecule has 0 bridgehead atoms. The Morgan fingerprint density at radius 2 is 1.69 bits per heavy atom. The highest BCUT2D eigenvalue weighted by molar-refractivity contribution is 5.99. The first kappa shape index (κ1) is 22.4. The van der Waals surface area contributed by atoms with Gasteiger partial charge in [-0.2, -0.15) is 0 Å². The Kier molecular flexibility index (Phi) is 7.81. The number of ether oxygens (including phenoxy) is 3. The summed E-state index contributed by atoms with van der Waals surface area (Å²) >= 11 is 0. The zero-order chi connectivity index (χ0) is 21.6. The van der Waals surface area contributed by atoms with Crippen LogP contribution in [0.15, 0.2) is 0 Å². The molecule has 29 heavy (non-hydrogen) atoms. The van der Waals surface area contributed by atoms with Gasteiger partial charge in [0, 0.05) is 12.2 Å². The molecule has 9 nitrogen and oxygen atoms in total. The molecule has 1 N–H and O–H groups in total. The molecule has 2 heterocycles. The molecule has 0 spiro atoms. The number of nitrogens with zero attached hydrogens (tertiary/aromatic N) is 1. The van der Waals surface area contributed by atoms with Crippen LogP contribution in [0.3, 0.4) is 0 Å². The fourth-order valence-corrected chi connectivity index (χ4v) is 3.46. The van der Waals surface area contributed by atoms with E-state index in [1.54, 1.807) is 27.7 Å². The van der Waals surface area contributed by atoms with Gasteiger partial charge in [0.05, 0.1) is 18.8 Å². The van der Waals surface area contributed by atoms with E-state index < -0.39 is 36.5 Å². The highest BCUT2D eigenvalue weighted by Crippen LogP contribution is 2.21. The van der Waals surface area contributed by atoms with Crippen LogP contribution in [0.1, 0.15) is 65.2 Å². The maximum atomic E-state index is 12.6. The molecule has 1 amide bonds. The first-order valence-corrected chi connectivity index (χ1v) is 9.81. The number of H-pyrrole nitrogens is 1. The molecule has 0 saturated carbocycles. The number of esters is 3. The molecule has 1 fully saturated rings. The minimum atomic E-state index is -0.751. The zero-order valence-electron chi connectivity index (χ0n) is 17.3. The van der Waals surface area contributed by atoms with E-state index in [4.69, 9.17) is 14.2 Å². The second kappa shape index (κ2) is 10.1. The number of rotatable bonds is 7. The normalized spacial score (nSPS) is 16.3. The summed E-state index contributed by atoms with van der Waals surface area (Å²) in [7, 11) is 0. The van der Waals surface area contributed by atoms with Gasteiger partial charge in [0.25, 0.3) is 5.91 Å². The van der Waals surface area contributed by atoms with Crippen molar-refractivity contribution in [3.63, 3.8) is 0 Å². The van der Waals surface area contributed by atoms with Crippen molar-refractivity contribution in [2.75, 3.05) is 26.4 Å². The fourth-order valence-electron chi connectivity index (χ4n) is 3.46. The molecular weight excluding hydrogens is 380 g/mol. The third-order valence-corrected chi connectivity index (χ3v) is 4.83. The maximum Gasteiger partial charge on any atom is 0.355 e. The molecular formula is C20H28N2O7. The molecule has 1 aromatic heterocycles. The van der Waals surface area contributed by atoms with E-state index in [0.717, 1.165) is 12.8 Å². The monoisotopic (exact) mass is 408 g/mol. The van der Waals surface area contributed by atoms with E-state index in [0.29, 0.717) is 24.2 Å². The molecule has 1 aliphatic rings. The Bertz CT molecular complexity index is 784. The second-order valence-electron chi connectivity index (χ2n) is 6.77. The van der Waals surface area contributed by atoms with Crippen molar-refractivity contribution in [1.29, 1.82) is 0 Å². The molecule has 1 atom stereocenters. The summed E-state index contributed by atoms with van der Waals surface area (Å²) in [5.74, 6) is -2.18. The van der Waals surface area contributed by atoms with Gasteiger partial charge in [-0.25, -0.2) is 14.4 Å². The molecule has 1 saturated heterocycles. The third kappa shape index (κ3) is 5.16. The average Bonchev–Trinajstić information content (AvgIpc) is 3.00. The molecule has 0 unspecified atom stereocenters. The molecule has 2 rings (SSSR count). The van der Waals surface area contributed by atoms with Gasteiger partial charge in [-0.3, -0.25) is 4.79 Å². The van der Waals surface area contributed by atoms with Crippen molar-refractivity contribution < 1.29 is 33.4 Å². The number of carbonyl (C=O) groups is 4. The van der Waals surface area contributed by atoms with Gasteiger partial charge in [-0.05, 0) is 52.5 Å². The molecule has 0 aromatic carbocycles. The average molecular weight is 408 g/mol. The summed E-state index contributed by atoms with van der Waals surface area (Å²) in [6.45, 7) is 7.03. The lowest BCUT2D eigenvalue weighted by Crippen LogP contribution is -2.50. The standard InChI is InChI=1S/C20H28N2O7/c1-5-27-18(24)14-9-7-8-10-22(14)15(23)11-29-20(26)17-12(3)16(13(4)21-17)19(25)28-6-2/h14,21H,5-11H2,1-4H3/t14-/m1/s1. The van der Waals surface area contributed by atoms with Gasteiger partial charge in [-0.1, -0.05) is 0 Å². The number of carbonyl (C=O) groups excluding carboxylic acids is 4. The SMILES string of the molecule is CCOC(=O)c1c(C)[nH]c(C(=O)OCC(=O)N2CCCC[C@@H]2C(=O)OCC)c1C. The van der Waals surface area contributed by atoms with Crippen LogP contribution in [0, 0.1) is 13.8 Å². The van der Waals surface area contributed by atoms with Gasteiger partial charge >= 0.3 is 17.9 Å². The quantitative estimate of drug-likeness (QED) is 0.541. The lowest BCUT2D eigenvalue weighted by Gasteiger charge is -2.33. The summed E-state index contributed by atoms with van der Waals surface area (Å²) in [6.07, 6.45) is 2.12. The lowest BCUT2D eigenvalue weighted by atomic mass is 10.0. The maximum absolute atomic E-state index is 12.6. The van der Waals surface area contributed by atoms with Crippen LogP contribution >= 0.6 is 0 Å². The van der Waals surface area contributed by atoms with Crippen LogP contribution in [-0.4, -0.2) is 66.1 Å². The van der Waals surface area contributed by atoms with Gasteiger partial charge in [0.1, 0.15) is 11.7 Å². The number of aryl methyl sites for hydroxylation is 1. The summed E-state index contributed by atoms with van der Waals surface area (Å²) in [5, 5.41) is 0. The van der Waals surface area contributed by atoms with Crippen molar-refractivity contribution in [1.82, 2.24) is 9.88 Å².